The molecule has 0 saturated heterocycles. The lowest BCUT2D eigenvalue weighted by atomic mass is 10.2. The van der Waals surface area contributed by atoms with Crippen LogP contribution < -0.4 is 5.32 Å². The molecule has 0 aliphatic heterocycles. The molecule has 0 aliphatic carbocycles. The zero-order valence-electron chi connectivity index (χ0n) is 16.1. The van der Waals surface area contributed by atoms with Crippen LogP contribution in [0.5, 0.6) is 0 Å². The molecule has 0 saturated carbocycles. The predicted molar refractivity (Wildman–Crippen MR) is 108 cm³/mol. The first kappa shape index (κ1) is 18.3. The van der Waals surface area contributed by atoms with Crippen molar-refractivity contribution in [1.82, 2.24) is 24.6 Å². The molecule has 0 spiro atoms. The third kappa shape index (κ3) is 3.07. The van der Waals surface area contributed by atoms with Crippen molar-refractivity contribution >= 4 is 39.0 Å². The number of carbonyl (C=O) groups is 1. The Kier molecular flexibility index (Phi) is 4.68. The topological polar surface area (TPSA) is 94.3 Å². The molecule has 1 atom stereocenters. The SMILES string of the molecule is CCOC(=O)c1sc2nc(C)nc(NC(C)c3nnc4ccccn34)c2c1C. The van der Waals surface area contributed by atoms with Gasteiger partial charge in [-0.1, -0.05) is 6.07 Å². The molecule has 4 aromatic rings. The summed E-state index contributed by atoms with van der Waals surface area (Å²) in [7, 11) is 0. The monoisotopic (exact) mass is 396 g/mol. The fourth-order valence-electron chi connectivity index (χ4n) is 3.17. The number of esters is 1. The van der Waals surface area contributed by atoms with E-state index in [1.54, 1.807) is 6.92 Å². The van der Waals surface area contributed by atoms with Gasteiger partial charge in [0, 0.05) is 6.20 Å². The smallest absolute Gasteiger partial charge is 0.348 e. The minimum absolute atomic E-state index is 0.153. The van der Waals surface area contributed by atoms with E-state index in [0.717, 1.165) is 27.3 Å². The highest BCUT2D eigenvalue weighted by molar-refractivity contribution is 7.20. The van der Waals surface area contributed by atoms with Crippen LogP contribution in [0, 0.1) is 13.8 Å². The van der Waals surface area contributed by atoms with Crippen LogP contribution in [0.25, 0.3) is 15.9 Å². The molecule has 4 rings (SSSR count). The van der Waals surface area contributed by atoms with Crippen LogP contribution in [0.3, 0.4) is 0 Å². The summed E-state index contributed by atoms with van der Waals surface area (Å²) < 4.78 is 7.12. The van der Waals surface area contributed by atoms with Crippen molar-refractivity contribution in [3.8, 4) is 0 Å². The Labute approximate surface area is 165 Å². The number of nitrogens with zero attached hydrogens (tertiary/aromatic N) is 5. The Morgan fingerprint density at radius 2 is 2.11 bits per heavy atom. The molecule has 0 radical (unpaired) electrons. The Hall–Kier alpha value is -3.07. The summed E-state index contributed by atoms with van der Waals surface area (Å²) in [6.45, 7) is 7.86. The number of pyridine rings is 1. The number of carbonyl (C=O) groups excluding carboxylic acids is 1. The van der Waals surface area contributed by atoms with Crippen molar-refractivity contribution in [3.05, 3.63) is 46.5 Å². The van der Waals surface area contributed by atoms with Crippen LogP contribution >= 0.6 is 11.3 Å². The van der Waals surface area contributed by atoms with Crippen LogP contribution in [-0.2, 0) is 4.74 Å². The fourth-order valence-corrected chi connectivity index (χ4v) is 4.29. The third-order valence-corrected chi connectivity index (χ3v) is 5.61. The first-order valence-electron chi connectivity index (χ1n) is 9.00. The van der Waals surface area contributed by atoms with Gasteiger partial charge in [0.25, 0.3) is 0 Å². The quantitative estimate of drug-likeness (QED) is 0.514. The number of hydrogen-bond acceptors (Lipinski definition) is 8. The van der Waals surface area contributed by atoms with Gasteiger partial charge in [-0.2, -0.15) is 0 Å². The fraction of sp³-hybridized carbons (Fsp3) is 0.316. The van der Waals surface area contributed by atoms with Crippen molar-refractivity contribution in [2.45, 2.75) is 33.7 Å². The number of ether oxygens (including phenoxy) is 1. The van der Waals surface area contributed by atoms with Crippen molar-refractivity contribution < 1.29 is 9.53 Å². The van der Waals surface area contributed by atoms with Crippen LogP contribution in [0.4, 0.5) is 5.82 Å². The molecule has 1 unspecified atom stereocenters. The maximum absolute atomic E-state index is 12.3. The lowest BCUT2D eigenvalue weighted by molar-refractivity contribution is 0.0531. The second-order valence-electron chi connectivity index (χ2n) is 6.43. The number of fused-ring (bicyclic) bond motifs is 2. The summed E-state index contributed by atoms with van der Waals surface area (Å²) in [5.41, 5.74) is 1.60. The summed E-state index contributed by atoms with van der Waals surface area (Å²) in [6.07, 6.45) is 1.93. The standard InChI is InChI=1S/C19H20N6O2S/c1-5-27-19(26)15-10(2)14-16(21-12(4)22-18(14)28-15)20-11(3)17-24-23-13-8-6-7-9-25(13)17/h6-9,11H,5H2,1-4H3,(H,20,21,22). The molecule has 28 heavy (non-hydrogen) atoms. The van der Waals surface area contributed by atoms with Crippen molar-refractivity contribution in [3.63, 3.8) is 0 Å². The number of aryl methyl sites for hydroxylation is 2. The van der Waals surface area contributed by atoms with Gasteiger partial charge in [0.05, 0.1) is 18.0 Å². The van der Waals surface area contributed by atoms with E-state index in [2.05, 4.69) is 25.5 Å². The first-order valence-corrected chi connectivity index (χ1v) is 9.82. The molecule has 0 aliphatic rings. The summed E-state index contributed by atoms with van der Waals surface area (Å²) in [5, 5.41) is 12.8. The largest absolute Gasteiger partial charge is 0.462 e. The van der Waals surface area contributed by atoms with Gasteiger partial charge in [-0.05, 0) is 45.4 Å². The van der Waals surface area contributed by atoms with Crippen molar-refractivity contribution in [2.24, 2.45) is 0 Å². The lowest BCUT2D eigenvalue weighted by Gasteiger charge is -2.14. The Morgan fingerprint density at radius 1 is 1.29 bits per heavy atom. The van der Waals surface area contributed by atoms with Gasteiger partial charge in [0.15, 0.2) is 11.5 Å². The second kappa shape index (κ2) is 7.16. The molecule has 4 heterocycles. The number of nitrogens with one attached hydrogen (secondary N) is 1. The average Bonchev–Trinajstić information content (AvgIpc) is 3.23. The van der Waals surface area contributed by atoms with E-state index in [9.17, 15) is 4.79 Å². The van der Waals surface area contributed by atoms with Crippen molar-refractivity contribution in [1.29, 1.82) is 0 Å². The minimum atomic E-state index is -0.330. The zero-order valence-corrected chi connectivity index (χ0v) is 16.9. The average molecular weight is 396 g/mol. The molecule has 8 nitrogen and oxygen atoms in total. The summed E-state index contributed by atoms with van der Waals surface area (Å²) in [6, 6.07) is 5.62. The molecule has 9 heteroatoms. The van der Waals surface area contributed by atoms with Crippen LogP contribution in [-0.4, -0.2) is 37.1 Å². The molecule has 0 aromatic carbocycles. The number of rotatable bonds is 5. The highest BCUT2D eigenvalue weighted by atomic mass is 32.1. The summed E-state index contributed by atoms with van der Waals surface area (Å²) >= 11 is 1.33. The number of thiophene rings is 1. The molecule has 4 aromatic heterocycles. The van der Waals surface area contributed by atoms with E-state index in [4.69, 9.17) is 4.74 Å². The number of aromatic nitrogens is 5. The van der Waals surface area contributed by atoms with Crippen molar-refractivity contribution in [2.75, 3.05) is 11.9 Å². The van der Waals surface area contributed by atoms with E-state index < -0.39 is 0 Å². The van der Waals surface area contributed by atoms with Crippen LogP contribution in [0.15, 0.2) is 24.4 Å². The Balaban J connectivity index is 1.76. The maximum Gasteiger partial charge on any atom is 0.348 e. The molecular weight excluding hydrogens is 376 g/mol. The van der Waals surface area contributed by atoms with Gasteiger partial charge in [-0.15, -0.1) is 21.5 Å². The summed E-state index contributed by atoms with van der Waals surface area (Å²) in [4.78, 5) is 22.7. The molecule has 0 fully saturated rings. The molecule has 0 amide bonds. The number of hydrogen-bond donors (Lipinski definition) is 1. The minimum Gasteiger partial charge on any atom is -0.462 e. The highest BCUT2D eigenvalue weighted by Gasteiger charge is 2.22. The van der Waals surface area contributed by atoms with Gasteiger partial charge in [-0.25, -0.2) is 14.8 Å². The normalized spacial score (nSPS) is 12.4. The van der Waals surface area contributed by atoms with Gasteiger partial charge >= 0.3 is 5.97 Å². The third-order valence-electron chi connectivity index (χ3n) is 4.44. The van der Waals surface area contributed by atoms with E-state index in [1.807, 2.05) is 49.6 Å². The van der Waals surface area contributed by atoms with E-state index in [1.165, 1.54) is 11.3 Å². The van der Waals surface area contributed by atoms with Crippen LogP contribution in [0.1, 0.15) is 46.8 Å². The molecule has 0 bridgehead atoms. The van der Waals surface area contributed by atoms with E-state index >= 15 is 0 Å². The highest BCUT2D eigenvalue weighted by Crippen LogP contribution is 2.35. The Bertz CT molecular complexity index is 1180. The first-order chi connectivity index (χ1) is 13.5. The Morgan fingerprint density at radius 3 is 2.89 bits per heavy atom. The second-order valence-corrected chi connectivity index (χ2v) is 7.43. The van der Waals surface area contributed by atoms with Crippen LogP contribution in [0.2, 0.25) is 0 Å². The van der Waals surface area contributed by atoms with Gasteiger partial charge in [0.2, 0.25) is 0 Å². The molecule has 144 valence electrons. The van der Waals surface area contributed by atoms with E-state index in [-0.39, 0.29) is 12.0 Å². The number of anilines is 1. The maximum atomic E-state index is 12.3. The van der Waals surface area contributed by atoms with Gasteiger partial charge in [0.1, 0.15) is 21.3 Å². The summed E-state index contributed by atoms with van der Waals surface area (Å²) in [5.74, 6) is 1.75. The van der Waals surface area contributed by atoms with E-state index in [0.29, 0.717) is 23.1 Å². The van der Waals surface area contributed by atoms with Gasteiger partial charge in [-0.3, -0.25) is 4.40 Å². The molecular formula is C19H20N6O2S. The predicted octanol–water partition coefficient (Wildman–Crippen LogP) is 3.70. The molecule has 1 N–H and O–H groups in total. The van der Waals surface area contributed by atoms with Gasteiger partial charge < -0.3 is 10.1 Å². The zero-order chi connectivity index (χ0) is 19.8. The lowest BCUT2D eigenvalue weighted by Crippen LogP contribution is -2.12.